The minimum absolute atomic E-state index is 0.0231. The molecule has 0 saturated carbocycles. The molecule has 4 atom stereocenters. The fraction of sp³-hybridized carbons (Fsp3) is 0.571. The molecule has 0 bridgehead atoms. The van der Waals surface area contributed by atoms with Crippen LogP contribution in [-0.4, -0.2) is 101 Å². The van der Waals surface area contributed by atoms with Gasteiger partial charge in [-0.1, -0.05) is 13.8 Å². The Morgan fingerprint density at radius 2 is 1.21 bits per heavy atom. The molecule has 1 rings (SSSR count). The van der Waals surface area contributed by atoms with Crippen molar-refractivity contribution in [2.75, 3.05) is 0 Å². The molecule has 0 spiro atoms. The molecule has 15 N–H and O–H groups in total. The quantitative estimate of drug-likeness (QED) is 0.122. The maximum absolute atomic E-state index is 10.3. The van der Waals surface area contributed by atoms with Crippen molar-refractivity contribution in [2.45, 2.75) is 70.1 Å². The normalized spacial score (nSPS) is 12.9. The van der Waals surface area contributed by atoms with Crippen LogP contribution in [0.25, 0.3) is 0 Å². The summed E-state index contributed by atoms with van der Waals surface area (Å²) < 4.78 is 0. The van der Waals surface area contributed by atoms with Gasteiger partial charge in [0, 0.05) is 19.0 Å². The zero-order valence-electron chi connectivity index (χ0n) is 21.5. The number of carboxylic acids is 6. The molecule has 0 amide bonds. The highest BCUT2D eigenvalue weighted by Gasteiger charge is 2.15. The van der Waals surface area contributed by atoms with Gasteiger partial charge in [-0.05, 0) is 18.8 Å². The van der Waals surface area contributed by atoms with Gasteiger partial charge < -0.3 is 58.6 Å². The highest BCUT2D eigenvalue weighted by atomic mass is 16.4. The van der Waals surface area contributed by atoms with E-state index in [2.05, 4.69) is 9.97 Å². The van der Waals surface area contributed by atoms with Gasteiger partial charge in [0.1, 0.15) is 24.2 Å². The number of hydrogen-bond acceptors (Lipinski definition) is 11. The number of aliphatic carboxylic acids is 6. The first-order valence-electron chi connectivity index (χ1n) is 11.2. The Bertz CT molecular complexity index is 894. The fourth-order valence-electron chi connectivity index (χ4n) is 2.00. The van der Waals surface area contributed by atoms with Gasteiger partial charge in [0.15, 0.2) is 0 Å². The van der Waals surface area contributed by atoms with Gasteiger partial charge in [-0.3, -0.25) is 28.8 Å². The van der Waals surface area contributed by atoms with Crippen LogP contribution in [0.3, 0.4) is 0 Å². The highest BCUT2D eigenvalue weighted by molar-refractivity contribution is 5.80. The summed E-state index contributed by atoms with van der Waals surface area (Å²) in [6, 6.07) is -3.90. The Morgan fingerprint density at radius 3 is 1.46 bits per heavy atom. The third-order valence-electron chi connectivity index (χ3n) is 4.04. The number of nitrogens with one attached hydrogen (secondary N) is 1. The van der Waals surface area contributed by atoms with E-state index in [0.29, 0.717) is 18.0 Å². The topological polar surface area (TPSA) is 357 Å². The first kappa shape index (κ1) is 39.4. The third-order valence-corrected chi connectivity index (χ3v) is 4.04. The van der Waals surface area contributed by atoms with Crippen molar-refractivity contribution in [3.63, 3.8) is 0 Å². The molecular weight excluding hydrogens is 528 g/mol. The van der Waals surface area contributed by atoms with E-state index in [1.54, 1.807) is 6.20 Å². The first-order valence-corrected chi connectivity index (χ1v) is 11.2. The summed E-state index contributed by atoms with van der Waals surface area (Å²) in [5, 5.41) is 49.0. The van der Waals surface area contributed by atoms with E-state index >= 15 is 0 Å². The molecule has 1 heterocycles. The van der Waals surface area contributed by atoms with Crippen molar-refractivity contribution in [2.24, 2.45) is 28.9 Å². The Labute approximate surface area is 223 Å². The van der Waals surface area contributed by atoms with E-state index < -0.39 is 66.4 Å². The molecule has 0 aliphatic carbocycles. The summed E-state index contributed by atoms with van der Waals surface area (Å²) in [5.41, 5.74) is 21.0. The number of imidazole rings is 1. The van der Waals surface area contributed by atoms with E-state index in [0.717, 1.165) is 0 Å². The zero-order valence-corrected chi connectivity index (χ0v) is 21.5. The molecule has 0 saturated heterocycles. The molecule has 4 unspecified atom stereocenters. The van der Waals surface area contributed by atoms with Crippen molar-refractivity contribution < 1.29 is 59.4 Å². The lowest BCUT2D eigenvalue weighted by atomic mass is 10.1. The largest absolute Gasteiger partial charge is 0.481 e. The fourth-order valence-corrected chi connectivity index (χ4v) is 2.00. The summed E-state index contributed by atoms with van der Waals surface area (Å²) in [4.78, 5) is 66.4. The number of carbonyl (C=O) groups is 6. The van der Waals surface area contributed by atoms with E-state index in [-0.39, 0.29) is 19.3 Å². The molecule has 0 radical (unpaired) electrons. The third kappa shape index (κ3) is 26.7. The van der Waals surface area contributed by atoms with Crippen molar-refractivity contribution in [1.82, 2.24) is 9.97 Å². The molecule has 0 aliphatic rings. The molecular formula is C21H38N6O12. The van der Waals surface area contributed by atoms with Gasteiger partial charge in [-0.2, -0.15) is 0 Å². The van der Waals surface area contributed by atoms with Crippen LogP contribution in [0, 0.1) is 5.92 Å². The lowest BCUT2D eigenvalue weighted by Crippen LogP contribution is -2.32. The number of nitrogens with zero attached hydrogens (tertiary/aromatic N) is 1. The summed E-state index contributed by atoms with van der Waals surface area (Å²) in [7, 11) is 0. The number of hydrogen-bond donors (Lipinski definition) is 11. The molecule has 39 heavy (non-hydrogen) atoms. The lowest BCUT2D eigenvalue weighted by Gasteiger charge is -2.07. The smallest absolute Gasteiger partial charge is 0.321 e. The first-order chi connectivity index (χ1) is 17.8. The van der Waals surface area contributed by atoms with Crippen LogP contribution < -0.4 is 22.9 Å². The molecule has 1 aromatic rings. The minimum atomic E-state index is -1.29. The highest BCUT2D eigenvalue weighted by Crippen LogP contribution is 2.01. The average molecular weight is 567 g/mol. The van der Waals surface area contributed by atoms with Gasteiger partial charge >= 0.3 is 35.8 Å². The van der Waals surface area contributed by atoms with Crippen LogP contribution in [0.2, 0.25) is 0 Å². The van der Waals surface area contributed by atoms with Crippen LogP contribution in [0.5, 0.6) is 0 Å². The second kappa shape index (κ2) is 21.9. The average Bonchev–Trinajstić information content (AvgIpc) is 3.30. The Hall–Kier alpha value is -4.13. The predicted octanol–water partition coefficient (Wildman–Crippen LogP) is -2.06. The number of aromatic nitrogens is 2. The predicted molar refractivity (Wildman–Crippen MR) is 133 cm³/mol. The van der Waals surface area contributed by atoms with Gasteiger partial charge in [0.05, 0.1) is 18.4 Å². The molecule has 0 aliphatic heterocycles. The minimum Gasteiger partial charge on any atom is -0.481 e. The van der Waals surface area contributed by atoms with Gasteiger partial charge in [-0.15, -0.1) is 0 Å². The zero-order chi connectivity index (χ0) is 31.3. The molecule has 18 heteroatoms. The van der Waals surface area contributed by atoms with Crippen LogP contribution >= 0.6 is 0 Å². The second-order valence-electron chi connectivity index (χ2n) is 8.20. The molecule has 0 aromatic carbocycles. The van der Waals surface area contributed by atoms with Crippen molar-refractivity contribution >= 4 is 35.8 Å². The maximum atomic E-state index is 10.3. The number of rotatable bonds is 13. The second-order valence-corrected chi connectivity index (χ2v) is 8.20. The van der Waals surface area contributed by atoms with Gasteiger partial charge in [0.2, 0.25) is 0 Å². The van der Waals surface area contributed by atoms with Crippen LogP contribution in [0.1, 0.15) is 45.2 Å². The van der Waals surface area contributed by atoms with Gasteiger partial charge in [0.25, 0.3) is 0 Å². The summed E-state index contributed by atoms with van der Waals surface area (Å²) in [6.45, 7) is 3.89. The molecule has 0 fully saturated rings. The number of nitrogens with two attached hydrogens (primary N) is 4. The monoisotopic (exact) mass is 566 g/mol. The number of carboxylic acid groups (broad SMARTS) is 6. The molecule has 1 aromatic heterocycles. The van der Waals surface area contributed by atoms with E-state index in [1.807, 2.05) is 13.8 Å². The Balaban J connectivity index is -0.000000445. The summed E-state index contributed by atoms with van der Waals surface area (Å²) >= 11 is 0. The standard InChI is InChI=1S/C6H9N3O2.C6H13NO2.C5H9NO4.C4H7NO4/c7-5(6(10)11)1-4-2-8-3-9-4;1-4(2)3-5(7)6(8)9;6-3(5(9)10)1-2-4(7)8;5-2(4(8)9)1-3(6)7/h2-3,5H,1,7H2,(H,8,9)(H,10,11);4-5H,3,7H2,1-2H3,(H,8,9);3H,1-2,6H2,(H,7,8)(H,9,10);2H,1,5H2,(H,6,7)(H,8,9). The lowest BCUT2D eigenvalue weighted by molar-refractivity contribution is -0.144. The van der Waals surface area contributed by atoms with Crippen LogP contribution in [0.15, 0.2) is 12.5 Å². The van der Waals surface area contributed by atoms with E-state index in [9.17, 15) is 28.8 Å². The van der Waals surface area contributed by atoms with Crippen molar-refractivity contribution in [3.05, 3.63) is 18.2 Å². The number of aromatic amines is 1. The van der Waals surface area contributed by atoms with E-state index in [1.165, 1.54) is 6.33 Å². The maximum Gasteiger partial charge on any atom is 0.321 e. The van der Waals surface area contributed by atoms with Gasteiger partial charge in [-0.25, -0.2) is 4.98 Å². The summed E-state index contributed by atoms with van der Waals surface area (Å²) in [5.74, 6) is -6.26. The van der Waals surface area contributed by atoms with E-state index in [4.69, 9.17) is 53.6 Å². The SMILES string of the molecule is CC(C)CC(N)C(=O)O.NC(CC(=O)O)C(=O)O.NC(CCC(=O)O)C(=O)O.NC(Cc1c[nH]cn1)C(=O)O. The number of H-pyrrole nitrogens is 1. The summed E-state index contributed by atoms with van der Waals surface area (Å²) in [6.07, 6.45) is 3.17. The molecule has 224 valence electrons. The Morgan fingerprint density at radius 1 is 0.744 bits per heavy atom. The Kier molecular flexibility index (Phi) is 22.1. The van der Waals surface area contributed by atoms with Crippen LogP contribution in [-0.2, 0) is 35.2 Å². The van der Waals surface area contributed by atoms with Crippen molar-refractivity contribution in [1.29, 1.82) is 0 Å². The molecule has 18 nitrogen and oxygen atoms in total. The van der Waals surface area contributed by atoms with Crippen molar-refractivity contribution in [3.8, 4) is 0 Å². The van der Waals surface area contributed by atoms with Crippen LogP contribution in [0.4, 0.5) is 0 Å².